The van der Waals surface area contributed by atoms with Crippen molar-refractivity contribution < 1.29 is 0 Å². The highest BCUT2D eigenvalue weighted by atomic mass is 14.9. The molecule has 1 unspecified atom stereocenters. The molecule has 0 spiro atoms. The second-order valence-electron chi connectivity index (χ2n) is 5.24. The smallest absolute Gasteiger partial charge is 0.0366 e. The second-order valence-corrected chi connectivity index (χ2v) is 5.24. The summed E-state index contributed by atoms with van der Waals surface area (Å²) in [5.74, 6) is 0. The van der Waals surface area contributed by atoms with E-state index in [0.29, 0.717) is 6.04 Å². The van der Waals surface area contributed by atoms with Crippen molar-refractivity contribution in [3.63, 3.8) is 0 Å². The zero-order chi connectivity index (χ0) is 14.5. The molecule has 1 aromatic heterocycles. The van der Waals surface area contributed by atoms with E-state index in [9.17, 15) is 0 Å². The van der Waals surface area contributed by atoms with E-state index in [0.717, 1.165) is 13.0 Å². The fourth-order valence-electron chi connectivity index (χ4n) is 2.85. The molecule has 106 valence electrons. The molecule has 0 saturated heterocycles. The molecule has 0 amide bonds. The minimum Gasteiger partial charge on any atom is -0.310 e. The van der Waals surface area contributed by atoms with Crippen LogP contribution in [-0.2, 0) is 6.42 Å². The molecule has 0 saturated carbocycles. The molecule has 2 heteroatoms. The molecule has 0 bridgehead atoms. The molecule has 0 aliphatic rings. The topological polar surface area (TPSA) is 24.9 Å². The molecule has 3 rings (SSSR count). The number of likely N-dealkylation sites (N-methyl/N-ethyl adjacent to an activating group) is 1. The zero-order valence-corrected chi connectivity index (χ0v) is 12.3. The van der Waals surface area contributed by atoms with Crippen molar-refractivity contribution in [3.05, 3.63) is 78.1 Å². The third kappa shape index (κ3) is 3.11. The monoisotopic (exact) mass is 276 g/mol. The molecule has 0 aliphatic heterocycles. The number of nitrogens with one attached hydrogen (secondary N) is 1. The van der Waals surface area contributed by atoms with Gasteiger partial charge in [0.1, 0.15) is 0 Å². The first-order valence-corrected chi connectivity index (χ1v) is 7.48. The number of pyridine rings is 1. The minimum atomic E-state index is 0.323. The SMILES string of the molecule is CCNC(Cc1ccncc1)c1cccc2ccccc12. The van der Waals surface area contributed by atoms with Crippen LogP contribution >= 0.6 is 0 Å². The van der Waals surface area contributed by atoms with Gasteiger partial charge in [-0.2, -0.15) is 0 Å². The maximum atomic E-state index is 4.10. The Hall–Kier alpha value is -2.19. The number of aromatic nitrogens is 1. The van der Waals surface area contributed by atoms with Gasteiger partial charge in [0.15, 0.2) is 0 Å². The molecule has 0 radical (unpaired) electrons. The van der Waals surface area contributed by atoms with E-state index in [-0.39, 0.29) is 0 Å². The normalized spacial score (nSPS) is 12.4. The Morgan fingerprint density at radius 1 is 0.952 bits per heavy atom. The van der Waals surface area contributed by atoms with E-state index in [1.807, 2.05) is 12.4 Å². The van der Waals surface area contributed by atoms with Crippen LogP contribution in [0, 0.1) is 0 Å². The van der Waals surface area contributed by atoms with Gasteiger partial charge in [0.2, 0.25) is 0 Å². The van der Waals surface area contributed by atoms with Crippen LogP contribution in [0.25, 0.3) is 10.8 Å². The zero-order valence-electron chi connectivity index (χ0n) is 12.3. The van der Waals surface area contributed by atoms with Crippen molar-refractivity contribution in [3.8, 4) is 0 Å². The standard InChI is InChI=1S/C19H20N2/c1-2-21-19(14-15-10-12-20-13-11-15)18-9-5-7-16-6-3-4-8-17(16)18/h3-13,19,21H,2,14H2,1H3. The molecule has 2 aromatic carbocycles. The molecule has 1 N–H and O–H groups in total. The van der Waals surface area contributed by atoms with Crippen LogP contribution < -0.4 is 5.32 Å². The van der Waals surface area contributed by atoms with Crippen LogP contribution in [0.4, 0.5) is 0 Å². The summed E-state index contributed by atoms with van der Waals surface area (Å²) >= 11 is 0. The van der Waals surface area contributed by atoms with Gasteiger partial charge in [-0.3, -0.25) is 4.98 Å². The first-order valence-electron chi connectivity index (χ1n) is 7.48. The largest absolute Gasteiger partial charge is 0.310 e. The lowest BCUT2D eigenvalue weighted by atomic mass is 9.94. The molecule has 0 aliphatic carbocycles. The summed E-state index contributed by atoms with van der Waals surface area (Å²) in [5.41, 5.74) is 2.68. The van der Waals surface area contributed by atoms with Crippen LogP contribution in [0.1, 0.15) is 24.1 Å². The van der Waals surface area contributed by atoms with Crippen LogP contribution in [-0.4, -0.2) is 11.5 Å². The summed E-state index contributed by atoms with van der Waals surface area (Å²) in [7, 11) is 0. The molecular weight excluding hydrogens is 256 g/mol. The summed E-state index contributed by atoms with van der Waals surface area (Å²) in [5, 5.41) is 6.25. The Kier molecular flexibility index (Phi) is 4.27. The number of fused-ring (bicyclic) bond motifs is 1. The molecule has 3 aromatic rings. The highest BCUT2D eigenvalue weighted by Gasteiger charge is 2.13. The van der Waals surface area contributed by atoms with Crippen LogP contribution in [0.5, 0.6) is 0 Å². The molecule has 2 nitrogen and oxygen atoms in total. The lowest BCUT2D eigenvalue weighted by Crippen LogP contribution is -2.23. The number of hydrogen-bond donors (Lipinski definition) is 1. The molecular formula is C19H20N2. The lowest BCUT2D eigenvalue weighted by Gasteiger charge is -2.20. The van der Waals surface area contributed by atoms with Gasteiger partial charge in [-0.15, -0.1) is 0 Å². The number of hydrogen-bond acceptors (Lipinski definition) is 2. The number of nitrogens with zero attached hydrogens (tertiary/aromatic N) is 1. The highest BCUT2D eigenvalue weighted by molar-refractivity contribution is 5.86. The minimum absolute atomic E-state index is 0.323. The van der Waals surface area contributed by atoms with E-state index in [1.165, 1.54) is 21.9 Å². The van der Waals surface area contributed by atoms with Gasteiger partial charge < -0.3 is 5.32 Å². The second kappa shape index (κ2) is 6.51. The number of rotatable bonds is 5. The number of benzene rings is 2. The van der Waals surface area contributed by atoms with Crippen molar-refractivity contribution in [2.24, 2.45) is 0 Å². The lowest BCUT2D eigenvalue weighted by molar-refractivity contribution is 0.553. The summed E-state index contributed by atoms with van der Waals surface area (Å²) in [6, 6.07) is 19.7. The van der Waals surface area contributed by atoms with Gasteiger partial charge >= 0.3 is 0 Å². The Bertz CT molecular complexity index is 702. The van der Waals surface area contributed by atoms with Crippen molar-refractivity contribution in [2.75, 3.05) is 6.54 Å². The van der Waals surface area contributed by atoms with E-state index < -0.39 is 0 Å². The van der Waals surface area contributed by atoms with Crippen molar-refractivity contribution >= 4 is 10.8 Å². The first-order chi connectivity index (χ1) is 10.4. The van der Waals surface area contributed by atoms with Crippen LogP contribution in [0.2, 0.25) is 0 Å². The van der Waals surface area contributed by atoms with Crippen molar-refractivity contribution in [1.82, 2.24) is 10.3 Å². The molecule has 1 atom stereocenters. The van der Waals surface area contributed by atoms with E-state index in [4.69, 9.17) is 0 Å². The van der Waals surface area contributed by atoms with E-state index >= 15 is 0 Å². The van der Waals surface area contributed by atoms with Crippen molar-refractivity contribution in [1.29, 1.82) is 0 Å². The summed E-state index contributed by atoms with van der Waals surface area (Å²) < 4.78 is 0. The fraction of sp³-hybridized carbons (Fsp3) is 0.211. The first kappa shape index (κ1) is 13.8. The maximum absolute atomic E-state index is 4.10. The summed E-state index contributed by atoms with van der Waals surface area (Å²) in [6.07, 6.45) is 4.70. The van der Waals surface area contributed by atoms with Gasteiger partial charge in [-0.1, -0.05) is 49.4 Å². The van der Waals surface area contributed by atoms with Gasteiger partial charge in [0.25, 0.3) is 0 Å². The third-order valence-corrected chi connectivity index (χ3v) is 3.84. The van der Waals surface area contributed by atoms with Gasteiger partial charge in [-0.25, -0.2) is 0 Å². The highest BCUT2D eigenvalue weighted by Crippen LogP contribution is 2.26. The Balaban J connectivity index is 1.99. The molecule has 1 heterocycles. The predicted octanol–water partition coefficient (Wildman–Crippen LogP) is 4.13. The Morgan fingerprint density at radius 3 is 2.52 bits per heavy atom. The molecule has 21 heavy (non-hydrogen) atoms. The van der Waals surface area contributed by atoms with Gasteiger partial charge in [0, 0.05) is 18.4 Å². The fourth-order valence-corrected chi connectivity index (χ4v) is 2.85. The van der Waals surface area contributed by atoms with Gasteiger partial charge in [-0.05, 0) is 47.0 Å². The van der Waals surface area contributed by atoms with E-state index in [1.54, 1.807) is 0 Å². The van der Waals surface area contributed by atoms with Crippen LogP contribution in [0.3, 0.4) is 0 Å². The predicted molar refractivity (Wildman–Crippen MR) is 88.3 cm³/mol. The quantitative estimate of drug-likeness (QED) is 0.758. The summed E-state index contributed by atoms with van der Waals surface area (Å²) in [6.45, 7) is 3.11. The maximum Gasteiger partial charge on any atom is 0.0366 e. The average Bonchev–Trinajstić information content (AvgIpc) is 2.55. The average molecular weight is 276 g/mol. The third-order valence-electron chi connectivity index (χ3n) is 3.84. The Morgan fingerprint density at radius 2 is 1.71 bits per heavy atom. The van der Waals surface area contributed by atoms with Crippen LogP contribution in [0.15, 0.2) is 67.0 Å². The van der Waals surface area contributed by atoms with Crippen molar-refractivity contribution in [2.45, 2.75) is 19.4 Å². The van der Waals surface area contributed by atoms with Gasteiger partial charge in [0.05, 0.1) is 0 Å². The summed E-state index contributed by atoms with van der Waals surface area (Å²) in [4.78, 5) is 4.10. The van der Waals surface area contributed by atoms with E-state index in [2.05, 4.69) is 71.8 Å². The Labute approximate surface area is 125 Å². The molecule has 0 fully saturated rings.